The standard InChI is InChI=1S/C25H21BrN2OS/c1-30-17-12-10-16(11-13-17)24-23-19(18-6-3-5-9-22(18)27-23)14-15-28(24)25(29)20-7-2-4-8-21(20)26/h2-13,24,27H,14-15H2,1H3. The molecule has 0 aliphatic carbocycles. The first-order valence-electron chi connectivity index (χ1n) is 9.96. The van der Waals surface area contributed by atoms with Crippen LogP contribution in [-0.2, 0) is 6.42 Å². The van der Waals surface area contributed by atoms with Crippen LogP contribution in [0.1, 0.15) is 33.2 Å². The maximum absolute atomic E-state index is 13.6. The molecule has 4 aromatic rings. The Morgan fingerprint density at radius 3 is 2.53 bits per heavy atom. The van der Waals surface area contributed by atoms with Crippen molar-refractivity contribution in [2.24, 2.45) is 0 Å². The van der Waals surface area contributed by atoms with E-state index >= 15 is 0 Å². The van der Waals surface area contributed by atoms with Crippen LogP contribution in [-0.4, -0.2) is 28.6 Å². The molecule has 150 valence electrons. The first kappa shape index (κ1) is 19.5. The van der Waals surface area contributed by atoms with Gasteiger partial charge in [0.2, 0.25) is 0 Å². The summed E-state index contributed by atoms with van der Waals surface area (Å²) in [6.07, 6.45) is 2.92. The quantitative estimate of drug-likeness (QED) is 0.345. The number of halogens is 1. The van der Waals surface area contributed by atoms with Gasteiger partial charge in [0.15, 0.2) is 0 Å². The van der Waals surface area contributed by atoms with Crippen LogP contribution in [0.15, 0.2) is 82.2 Å². The first-order valence-corrected chi connectivity index (χ1v) is 12.0. The number of para-hydroxylation sites is 1. The van der Waals surface area contributed by atoms with Crippen molar-refractivity contribution in [3.8, 4) is 0 Å². The Morgan fingerprint density at radius 1 is 1.03 bits per heavy atom. The monoisotopic (exact) mass is 476 g/mol. The number of nitrogens with zero attached hydrogens (tertiary/aromatic N) is 1. The van der Waals surface area contributed by atoms with E-state index in [1.807, 2.05) is 29.2 Å². The van der Waals surface area contributed by atoms with Gasteiger partial charge in [0.05, 0.1) is 11.6 Å². The number of rotatable bonds is 3. The fourth-order valence-electron chi connectivity index (χ4n) is 4.38. The molecule has 0 fully saturated rings. The summed E-state index contributed by atoms with van der Waals surface area (Å²) >= 11 is 5.29. The van der Waals surface area contributed by atoms with Gasteiger partial charge in [0.1, 0.15) is 0 Å². The van der Waals surface area contributed by atoms with Crippen molar-refractivity contribution in [3.63, 3.8) is 0 Å². The topological polar surface area (TPSA) is 36.1 Å². The van der Waals surface area contributed by atoms with Gasteiger partial charge in [0.25, 0.3) is 5.91 Å². The largest absolute Gasteiger partial charge is 0.356 e. The van der Waals surface area contributed by atoms with Gasteiger partial charge in [-0.15, -0.1) is 11.8 Å². The zero-order valence-corrected chi connectivity index (χ0v) is 19.0. The highest BCUT2D eigenvalue weighted by molar-refractivity contribution is 9.10. The van der Waals surface area contributed by atoms with E-state index < -0.39 is 0 Å². The van der Waals surface area contributed by atoms with Gasteiger partial charge in [-0.3, -0.25) is 4.79 Å². The van der Waals surface area contributed by atoms with Crippen LogP contribution in [0.3, 0.4) is 0 Å². The molecule has 3 nitrogen and oxygen atoms in total. The number of aromatic nitrogens is 1. The summed E-state index contributed by atoms with van der Waals surface area (Å²) in [6.45, 7) is 0.684. The van der Waals surface area contributed by atoms with E-state index in [1.54, 1.807) is 11.8 Å². The van der Waals surface area contributed by atoms with Crippen LogP contribution in [0.4, 0.5) is 0 Å². The Balaban J connectivity index is 1.66. The molecule has 5 heteroatoms. The third-order valence-electron chi connectivity index (χ3n) is 5.83. The molecule has 0 saturated carbocycles. The Kier molecular flexibility index (Phi) is 5.17. The molecule has 2 heterocycles. The van der Waals surface area contributed by atoms with Crippen molar-refractivity contribution in [1.29, 1.82) is 0 Å². The third-order valence-corrected chi connectivity index (χ3v) is 7.27. The number of carbonyl (C=O) groups excluding carboxylic acids is 1. The van der Waals surface area contributed by atoms with Crippen molar-refractivity contribution in [2.45, 2.75) is 17.4 Å². The molecule has 0 spiro atoms. The minimum Gasteiger partial charge on any atom is -0.356 e. The summed E-state index contributed by atoms with van der Waals surface area (Å²) in [5.74, 6) is 0.0470. The number of thioether (sulfide) groups is 1. The van der Waals surface area contributed by atoms with E-state index in [-0.39, 0.29) is 11.9 Å². The predicted molar refractivity (Wildman–Crippen MR) is 127 cm³/mol. The van der Waals surface area contributed by atoms with Gasteiger partial charge in [0, 0.05) is 32.5 Å². The molecule has 1 aliphatic rings. The molecule has 1 N–H and O–H groups in total. The first-order chi connectivity index (χ1) is 14.7. The Labute approximate surface area is 188 Å². The molecule has 30 heavy (non-hydrogen) atoms. The maximum atomic E-state index is 13.6. The van der Waals surface area contributed by atoms with Crippen LogP contribution < -0.4 is 0 Å². The molecular formula is C25H21BrN2OS. The van der Waals surface area contributed by atoms with Crippen molar-refractivity contribution >= 4 is 44.5 Å². The number of H-pyrrole nitrogens is 1. The van der Waals surface area contributed by atoms with Crippen LogP contribution in [0, 0.1) is 0 Å². The van der Waals surface area contributed by atoms with E-state index in [0.717, 1.165) is 27.7 Å². The van der Waals surface area contributed by atoms with Gasteiger partial charge in [-0.1, -0.05) is 42.5 Å². The minimum absolute atomic E-state index is 0.0470. The summed E-state index contributed by atoms with van der Waals surface area (Å²) in [7, 11) is 0. The maximum Gasteiger partial charge on any atom is 0.255 e. The zero-order valence-electron chi connectivity index (χ0n) is 16.6. The highest BCUT2D eigenvalue weighted by atomic mass is 79.9. The molecular weight excluding hydrogens is 456 g/mol. The van der Waals surface area contributed by atoms with E-state index in [4.69, 9.17) is 0 Å². The SMILES string of the molecule is CSc1ccc(C2c3[nH]c4ccccc4c3CCN2C(=O)c2ccccc2Br)cc1. The van der Waals surface area contributed by atoms with Gasteiger partial charge in [-0.25, -0.2) is 0 Å². The number of aromatic amines is 1. The van der Waals surface area contributed by atoms with Crippen molar-refractivity contribution in [2.75, 3.05) is 12.8 Å². The summed E-state index contributed by atoms with van der Waals surface area (Å²) in [6, 6.07) is 24.5. The normalized spacial score (nSPS) is 15.9. The van der Waals surface area contributed by atoms with Crippen LogP contribution in [0.2, 0.25) is 0 Å². The molecule has 1 unspecified atom stereocenters. The third kappa shape index (κ3) is 3.26. The molecule has 5 rings (SSSR count). The molecule has 0 radical (unpaired) electrons. The Hall–Kier alpha value is -2.50. The van der Waals surface area contributed by atoms with Gasteiger partial charge >= 0.3 is 0 Å². The summed E-state index contributed by atoms with van der Waals surface area (Å²) < 4.78 is 0.828. The van der Waals surface area contributed by atoms with Crippen LogP contribution in [0.25, 0.3) is 10.9 Å². The van der Waals surface area contributed by atoms with Crippen LogP contribution in [0.5, 0.6) is 0 Å². The fraction of sp³-hybridized carbons (Fsp3) is 0.160. The minimum atomic E-state index is -0.142. The Bertz CT molecular complexity index is 1230. The average molecular weight is 477 g/mol. The lowest BCUT2D eigenvalue weighted by Gasteiger charge is -2.36. The molecule has 3 aromatic carbocycles. The summed E-state index contributed by atoms with van der Waals surface area (Å²) in [5.41, 5.74) is 5.40. The van der Waals surface area contributed by atoms with Crippen LogP contribution >= 0.6 is 27.7 Å². The fourth-order valence-corrected chi connectivity index (χ4v) is 5.24. The van der Waals surface area contributed by atoms with E-state index in [2.05, 4.69) is 75.7 Å². The summed E-state index contributed by atoms with van der Waals surface area (Å²) in [4.78, 5) is 20.5. The van der Waals surface area contributed by atoms with Gasteiger partial charge < -0.3 is 9.88 Å². The van der Waals surface area contributed by atoms with Gasteiger partial charge in [-0.05, 0) is 70.1 Å². The molecule has 1 atom stereocenters. The smallest absolute Gasteiger partial charge is 0.255 e. The lowest BCUT2D eigenvalue weighted by Crippen LogP contribution is -2.40. The lowest BCUT2D eigenvalue weighted by molar-refractivity contribution is 0.0691. The lowest BCUT2D eigenvalue weighted by atomic mass is 9.91. The van der Waals surface area contributed by atoms with Gasteiger partial charge in [-0.2, -0.15) is 0 Å². The van der Waals surface area contributed by atoms with E-state index in [0.29, 0.717) is 12.1 Å². The molecule has 1 aromatic heterocycles. The number of amides is 1. The highest BCUT2D eigenvalue weighted by Gasteiger charge is 2.35. The van der Waals surface area contributed by atoms with E-state index in [1.165, 1.54) is 15.8 Å². The Morgan fingerprint density at radius 2 is 1.77 bits per heavy atom. The average Bonchev–Trinajstić information content (AvgIpc) is 3.17. The second-order valence-electron chi connectivity index (χ2n) is 7.47. The van der Waals surface area contributed by atoms with Crippen molar-refractivity contribution in [1.82, 2.24) is 9.88 Å². The predicted octanol–water partition coefficient (Wildman–Crippen LogP) is 6.44. The molecule has 1 amide bonds. The second-order valence-corrected chi connectivity index (χ2v) is 9.20. The van der Waals surface area contributed by atoms with Crippen molar-refractivity contribution in [3.05, 3.63) is 99.7 Å². The number of fused-ring (bicyclic) bond motifs is 3. The number of benzene rings is 3. The molecule has 0 saturated heterocycles. The molecule has 1 aliphatic heterocycles. The second kappa shape index (κ2) is 7.97. The zero-order chi connectivity index (χ0) is 20.7. The van der Waals surface area contributed by atoms with E-state index in [9.17, 15) is 4.79 Å². The molecule has 0 bridgehead atoms. The highest BCUT2D eigenvalue weighted by Crippen LogP contribution is 2.39. The summed E-state index contributed by atoms with van der Waals surface area (Å²) in [5, 5.41) is 1.26. The number of nitrogens with one attached hydrogen (secondary N) is 1. The number of carbonyl (C=O) groups is 1. The number of hydrogen-bond donors (Lipinski definition) is 1. The van der Waals surface area contributed by atoms with Crippen molar-refractivity contribution < 1.29 is 4.79 Å². The number of hydrogen-bond acceptors (Lipinski definition) is 2.